The molecule has 0 saturated carbocycles. The Morgan fingerprint density at radius 2 is 1.76 bits per heavy atom. The van der Waals surface area contributed by atoms with Gasteiger partial charge in [0.15, 0.2) is 6.10 Å². The second kappa shape index (κ2) is 12.3. The van der Waals surface area contributed by atoms with Gasteiger partial charge in [0.2, 0.25) is 0 Å². The van der Waals surface area contributed by atoms with Gasteiger partial charge in [0, 0.05) is 23.6 Å². The summed E-state index contributed by atoms with van der Waals surface area (Å²) in [7, 11) is 1.65. The average molecular weight is 481 g/mol. The molecule has 6 heteroatoms. The Bertz CT molecular complexity index is 1120. The molecular weight excluding hydrogens is 452 g/mol. The van der Waals surface area contributed by atoms with Crippen LogP contribution in [0, 0.1) is 0 Å². The van der Waals surface area contributed by atoms with Crippen LogP contribution < -0.4 is 9.47 Å². The van der Waals surface area contributed by atoms with Crippen LogP contribution in [0.5, 0.6) is 11.5 Å². The summed E-state index contributed by atoms with van der Waals surface area (Å²) in [5.41, 5.74) is 5.06. The smallest absolute Gasteiger partial charge is 0.333 e. The number of carboxylic acids is 1. The summed E-state index contributed by atoms with van der Waals surface area (Å²) in [6.07, 6.45) is 1.51. The highest BCUT2D eigenvalue weighted by atomic mass is 35.5. The van der Waals surface area contributed by atoms with Crippen molar-refractivity contribution in [2.24, 2.45) is 0 Å². The van der Waals surface area contributed by atoms with Crippen molar-refractivity contribution in [1.29, 1.82) is 0 Å². The van der Waals surface area contributed by atoms with Crippen molar-refractivity contribution in [3.05, 3.63) is 89.0 Å². The number of methoxy groups -OCH3 is 1. The van der Waals surface area contributed by atoms with Crippen LogP contribution in [-0.2, 0) is 16.0 Å². The number of ether oxygens (including phenoxy) is 3. The lowest BCUT2D eigenvalue weighted by atomic mass is 10.0. The van der Waals surface area contributed by atoms with E-state index in [1.807, 2.05) is 67.6 Å². The van der Waals surface area contributed by atoms with Crippen molar-refractivity contribution in [3.8, 4) is 22.6 Å². The van der Waals surface area contributed by atoms with E-state index in [4.69, 9.17) is 25.8 Å². The minimum absolute atomic E-state index is 0.319. The molecule has 178 valence electrons. The standard InChI is InChI=1S/C28H29ClO5/c1-4-33-27(28(30)31)17-20-5-12-24(13-6-20)34-16-15-19(2)21-7-9-22(10-8-21)25-18-23(29)11-14-26(25)32-3/h5-15,18,27H,4,16-17H2,1-3H3,(H,30,31)/b19-15-/t27-/m0/s1. The molecule has 0 aliphatic heterocycles. The lowest BCUT2D eigenvalue weighted by Gasteiger charge is -2.12. The molecule has 0 unspecified atom stereocenters. The number of hydrogen-bond donors (Lipinski definition) is 1. The normalized spacial score (nSPS) is 12.3. The highest BCUT2D eigenvalue weighted by Gasteiger charge is 2.17. The number of carboxylic acid groups (broad SMARTS) is 1. The lowest BCUT2D eigenvalue weighted by molar-refractivity contribution is -0.149. The van der Waals surface area contributed by atoms with E-state index in [9.17, 15) is 9.90 Å². The van der Waals surface area contributed by atoms with Gasteiger partial charge < -0.3 is 19.3 Å². The summed E-state index contributed by atoms with van der Waals surface area (Å²) in [6.45, 7) is 4.61. The zero-order valence-corrected chi connectivity index (χ0v) is 20.3. The molecule has 5 nitrogen and oxygen atoms in total. The van der Waals surface area contributed by atoms with Gasteiger partial charge in [-0.3, -0.25) is 0 Å². The fraction of sp³-hybridized carbons (Fsp3) is 0.250. The molecule has 0 spiro atoms. The lowest BCUT2D eigenvalue weighted by Crippen LogP contribution is -2.26. The third kappa shape index (κ3) is 6.86. The maximum Gasteiger partial charge on any atom is 0.333 e. The molecule has 0 aliphatic carbocycles. The van der Waals surface area contributed by atoms with E-state index in [2.05, 4.69) is 12.1 Å². The van der Waals surface area contributed by atoms with Crippen LogP contribution in [0.15, 0.2) is 72.8 Å². The summed E-state index contributed by atoms with van der Waals surface area (Å²) in [4.78, 5) is 11.2. The number of benzene rings is 3. The predicted molar refractivity (Wildman–Crippen MR) is 136 cm³/mol. The fourth-order valence-corrected chi connectivity index (χ4v) is 3.73. The second-order valence-electron chi connectivity index (χ2n) is 7.75. The zero-order chi connectivity index (χ0) is 24.5. The minimum Gasteiger partial charge on any atom is -0.496 e. The van der Waals surface area contributed by atoms with E-state index in [0.29, 0.717) is 24.7 Å². The highest BCUT2D eigenvalue weighted by Crippen LogP contribution is 2.33. The molecule has 34 heavy (non-hydrogen) atoms. The average Bonchev–Trinajstić information content (AvgIpc) is 2.84. The molecular formula is C28H29ClO5. The van der Waals surface area contributed by atoms with Crippen LogP contribution in [0.2, 0.25) is 5.02 Å². The van der Waals surface area contributed by atoms with Crippen molar-refractivity contribution < 1.29 is 24.1 Å². The number of halogens is 1. The van der Waals surface area contributed by atoms with Crippen molar-refractivity contribution >= 4 is 23.1 Å². The number of carbonyl (C=O) groups is 1. The summed E-state index contributed by atoms with van der Waals surface area (Å²) in [5.74, 6) is 0.544. The van der Waals surface area contributed by atoms with Gasteiger partial charge in [0.1, 0.15) is 18.1 Å². The number of allylic oxidation sites excluding steroid dienone is 1. The minimum atomic E-state index is -0.956. The maximum atomic E-state index is 11.2. The summed E-state index contributed by atoms with van der Waals surface area (Å²) < 4.78 is 16.6. The van der Waals surface area contributed by atoms with Crippen LogP contribution in [0.3, 0.4) is 0 Å². The summed E-state index contributed by atoms with van der Waals surface area (Å²) >= 11 is 6.16. The molecule has 3 aromatic rings. The van der Waals surface area contributed by atoms with Gasteiger partial charge in [-0.05, 0) is 72.5 Å². The molecule has 0 aliphatic rings. The Morgan fingerprint density at radius 1 is 1.06 bits per heavy atom. The Hall–Kier alpha value is -3.28. The van der Waals surface area contributed by atoms with Gasteiger partial charge in [0.25, 0.3) is 0 Å². The number of hydrogen-bond acceptors (Lipinski definition) is 4. The third-order valence-corrected chi connectivity index (χ3v) is 5.68. The van der Waals surface area contributed by atoms with E-state index in [1.165, 1.54) is 0 Å². The number of aliphatic carboxylic acids is 1. The van der Waals surface area contributed by atoms with Gasteiger partial charge >= 0.3 is 5.97 Å². The first-order valence-corrected chi connectivity index (χ1v) is 11.5. The van der Waals surface area contributed by atoms with Crippen molar-refractivity contribution in [3.63, 3.8) is 0 Å². The van der Waals surface area contributed by atoms with E-state index < -0.39 is 12.1 Å². The van der Waals surface area contributed by atoms with Gasteiger partial charge in [-0.15, -0.1) is 0 Å². The molecule has 1 atom stereocenters. The Labute approximate surface area is 205 Å². The Morgan fingerprint density at radius 3 is 2.38 bits per heavy atom. The Balaban J connectivity index is 1.59. The molecule has 3 aromatic carbocycles. The van der Waals surface area contributed by atoms with E-state index in [-0.39, 0.29) is 0 Å². The highest BCUT2D eigenvalue weighted by molar-refractivity contribution is 6.31. The third-order valence-electron chi connectivity index (χ3n) is 5.44. The monoisotopic (exact) mass is 480 g/mol. The van der Waals surface area contributed by atoms with Crippen molar-refractivity contribution in [2.45, 2.75) is 26.4 Å². The maximum absolute atomic E-state index is 11.2. The molecule has 0 heterocycles. The fourth-order valence-electron chi connectivity index (χ4n) is 3.55. The molecule has 0 bridgehead atoms. The molecule has 0 radical (unpaired) electrons. The van der Waals surface area contributed by atoms with Crippen LogP contribution in [0.1, 0.15) is 25.0 Å². The largest absolute Gasteiger partial charge is 0.496 e. The molecule has 1 N–H and O–H groups in total. The van der Waals surface area contributed by atoms with Crippen molar-refractivity contribution in [1.82, 2.24) is 0 Å². The van der Waals surface area contributed by atoms with Gasteiger partial charge in [-0.25, -0.2) is 4.79 Å². The first-order valence-electron chi connectivity index (χ1n) is 11.1. The summed E-state index contributed by atoms with van der Waals surface area (Å²) in [5, 5.41) is 9.89. The topological polar surface area (TPSA) is 65.0 Å². The molecule has 0 amide bonds. The first kappa shape index (κ1) is 25.3. The van der Waals surface area contributed by atoms with E-state index in [1.54, 1.807) is 14.0 Å². The van der Waals surface area contributed by atoms with E-state index in [0.717, 1.165) is 39.3 Å². The molecule has 0 fully saturated rings. The SMILES string of the molecule is CCO[C@@H](Cc1ccc(OC/C=C(/C)c2ccc(-c3cc(Cl)ccc3OC)cc2)cc1)C(=O)O. The molecule has 3 rings (SSSR count). The summed E-state index contributed by atoms with van der Waals surface area (Å²) in [6, 6.07) is 21.2. The van der Waals surface area contributed by atoms with Crippen molar-refractivity contribution in [2.75, 3.05) is 20.3 Å². The quantitative estimate of drug-likeness (QED) is 0.338. The van der Waals surface area contributed by atoms with Gasteiger partial charge in [-0.1, -0.05) is 48.0 Å². The molecule has 0 saturated heterocycles. The van der Waals surface area contributed by atoms with Crippen LogP contribution in [-0.4, -0.2) is 37.5 Å². The van der Waals surface area contributed by atoms with Gasteiger partial charge in [-0.2, -0.15) is 0 Å². The zero-order valence-electron chi connectivity index (χ0n) is 19.6. The van der Waals surface area contributed by atoms with Crippen LogP contribution in [0.4, 0.5) is 0 Å². The predicted octanol–water partition coefficient (Wildman–Crippen LogP) is 6.53. The van der Waals surface area contributed by atoms with Gasteiger partial charge in [0.05, 0.1) is 7.11 Å². The first-order chi connectivity index (χ1) is 16.4. The van der Waals surface area contributed by atoms with Crippen LogP contribution >= 0.6 is 11.6 Å². The van der Waals surface area contributed by atoms with Crippen LogP contribution in [0.25, 0.3) is 16.7 Å². The second-order valence-corrected chi connectivity index (χ2v) is 8.19. The Kier molecular flexibility index (Phi) is 9.14. The molecule has 0 aromatic heterocycles. The number of rotatable bonds is 11. The van der Waals surface area contributed by atoms with E-state index >= 15 is 0 Å².